The standard InChI is InChI=1S/C11H9F2NS/c12-9-3-8(4-10(13)5-9)11(14)7-1-2-15-6-7/h1-6,11H,14H2/t11-/m1/s1. The maximum Gasteiger partial charge on any atom is 0.126 e. The second-order valence-corrected chi connectivity index (χ2v) is 4.02. The Labute approximate surface area is 90.2 Å². The van der Waals surface area contributed by atoms with Gasteiger partial charge in [-0.3, -0.25) is 0 Å². The van der Waals surface area contributed by atoms with Gasteiger partial charge in [0.15, 0.2) is 0 Å². The highest BCUT2D eigenvalue weighted by atomic mass is 32.1. The van der Waals surface area contributed by atoms with Gasteiger partial charge in [0.05, 0.1) is 6.04 Å². The van der Waals surface area contributed by atoms with Gasteiger partial charge in [-0.1, -0.05) is 0 Å². The molecule has 1 aromatic carbocycles. The van der Waals surface area contributed by atoms with Crippen molar-refractivity contribution in [1.29, 1.82) is 0 Å². The maximum atomic E-state index is 12.9. The van der Waals surface area contributed by atoms with Crippen LogP contribution in [0.4, 0.5) is 8.78 Å². The summed E-state index contributed by atoms with van der Waals surface area (Å²) in [7, 11) is 0. The molecule has 1 aromatic heterocycles. The minimum absolute atomic E-state index is 0.450. The number of halogens is 2. The summed E-state index contributed by atoms with van der Waals surface area (Å²) in [6, 6.07) is 4.72. The molecule has 0 aliphatic rings. The molecular weight excluding hydrogens is 216 g/mol. The molecule has 0 aliphatic carbocycles. The lowest BCUT2D eigenvalue weighted by Gasteiger charge is -2.10. The van der Waals surface area contributed by atoms with Crippen LogP contribution in [0.25, 0.3) is 0 Å². The average molecular weight is 225 g/mol. The topological polar surface area (TPSA) is 26.0 Å². The fourth-order valence-corrected chi connectivity index (χ4v) is 2.10. The molecule has 2 N–H and O–H groups in total. The third-order valence-corrected chi connectivity index (χ3v) is 2.85. The van der Waals surface area contributed by atoms with E-state index in [1.807, 2.05) is 16.8 Å². The highest BCUT2D eigenvalue weighted by Gasteiger charge is 2.11. The van der Waals surface area contributed by atoms with Gasteiger partial charge in [0.2, 0.25) is 0 Å². The summed E-state index contributed by atoms with van der Waals surface area (Å²) in [6.07, 6.45) is 0. The zero-order valence-electron chi connectivity index (χ0n) is 7.78. The molecule has 0 radical (unpaired) electrons. The van der Waals surface area contributed by atoms with Crippen LogP contribution < -0.4 is 5.73 Å². The molecule has 2 rings (SSSR count). The molecule has 0 bridgehead atoms. The summed E-state index contributed by atoms with van der Waals surface area (Å²) in [4.78, 5) is 0. The van der Waals surface area contributed by atoms with Crippen molar-refractivity contribution in [3.05, 3.63) is 57.8 Å². The van der Waals surface area contributed by atoms with Crippen molar-refractivity contribution in [2.75, 3.05) is 0 Å². The molecule has 1 heterocycles. The van der Waals surface area contributed by atoms with Gasteiger partial charge in [-0.05, 0) is 40.1 Å². The Morgan fingerprint density at radius 3 is 2.27 bits per heavy atom. The summed E-state index contributed by atoms with van der Waals surface area (Å²) < 4.78 is 25.9. The molecular formula is C11H9F2NS. The largest absolute Gasteiger partial charge is 0.320 e. The van der Waals surface area contributed by atoms with Gasteiger partial charge in [0, 0.05) is 6.07 Å². The summed E-state index contributed by atoms with van der Waals surface area (Å²) in [5.41, 5.74) is 7.19. The van der Waals surface area contributed by atoms with E-state index in [4.69, 9.17) is 5.73 Å². The summed E-state index contributed by atoms with van der Waals surface area (Å²) in [6.45, 7) is 0. The summed E-state index contributed by atoms with van der Waals surface area (Å²) in [5.74, 6) is -1.20. The minimum Gasteiger partial charge on any atom is -0.320 e. The van der Waals surface area contributed by atoms with E-state index in [9.17, 15) is 8.78 Å². The maximum absolute atomic E-state index is 12.9. The molecule has 0 unspecified atom stereocenters. The fourth-order valence-electron chi connectivity index (χ4n) is 1.40. The number of benzene rings is 1. The van der Waals surface area contributed by atoms with E-state index < -0.39 is 17.7 Å². The molecule has 78 valence electrons. The van der Waals surface area contributed by atoms with E-state index in [-0.39, 0.29) is 0 Å². The monoisotopic (exact) mass is 225 g/mol. The lowest BCUT2D eigenvalue weighted by atomic mass is 10.0. The number of thiophene rings is 1. The van der Waals surface area contributed by atoms with Crippen LogP contribution in [0.15, 0.2) is 35.0 Å². The Morgan fingerprint density at radius 1 is 1.07 bits per heavy atom. The molecule has 15 heavy (non-hydrogen) atoms. The minimum atomic E-state index is -0.601. The normalized spacial score (nSPS) is 12.7. The zero-order chi connectivity index (χ0) is 10.8. The first-order valence-electron chi connectivity index (χ1n) is 4.40. The highest BCUT2D eigenvalue weighted by Crippen LogP contribution is 2.22. The Kier molecular flexibility index (Phi) is 2.79. The highest BCUT2D eigenvalue weighted by molar-refractivity contribution is 7.08. The van der Waals surface area contributed by atoms with E-state index in [1.165, 1.54) is 23.5 Å². The quantitative estimate of drug-likeness (QED) is 0.835. The van der Waals surface area contributed by atoms with Crippen molar-refractivity contribution >= 4 is 11.3 Å². The van der Waals surface area contributed by atoms with Crippen molar-refractivity contribution in [3.63, 3.8) is 0 Å². The molecule has 0 fully saturated rings. The number of rotatable bonds is 2. The predicted octanol–water partition coefficient (Wildman–Crippen LogP) is 3.07. The van der Waals surface area contributed by atoms with Crippen LogP contribution in [0.5, 0.6) is 0 Å². The smallest absolute Gasteiger partial charge is 0.126 e. The van der Waals surface area contributed by atoms with Crippen molar-refractivity contribution in [2.45, 2.75) is 6.04 Å². The van der Waals surface area contributed by atoms with E-state index in [0.29, 0.717) is 5.56 Å². The summed E-state index contributed by atoms with van der Waals surface area (Å²) >= 11 is 1.50. The molecule has 0 spiro atoms. The van der Waals surface area contributed by atoms with Gasteiger partial charge in [0.25, 0.3) is 0 Å². The van der Waals surface area contributed by atoms with Gasteiger partial charge in [-0.2, -0.15) is 11.3 Å². The van der Waals surface area contributed by atoms with Crippen LogP contribution in [0.3, 0.4) is 0 Å². The van der Waals surface area contributed by atoms with Crippen LogP contribution >= 0.6 is 11.3 Å². The van der Waals surface area contributed by atoms with Crippen molar-refractivity contribution in [3.8, 4) is 0 Å². The third-order valence-electron chi connectivity index (χ3n) is 2.15. The lowest BCUT2D eigenvalue weighted by Crippen LogP contribution is -2.11. The Bertz CT molecular complexity index is 433. The Morgan fingerprint density at radius 2 is 1.73 bits per heavy atom. The van der Waals surface area contributed by atoms with E-state index in [2.05, 4.69) is 0 Å². The molecule has 1 atom stereocenters. The lowest BCUT2D eigenvalue weighted by molar-refractivity contribution is 0.577. The third kappa shape index (κ3) is 2.22. The van der Waals surface area contributed by atoms with Crippen LogP contribution in [-0.4, -0.2) is 0 Å². The molecule has 0 amide bonds. The summed E-state index contributed by atoms with van der Waals surface area (Å²) in [5, 5.41) is 3.75. The van der Waals surface area contributed by atoms with E-state index >= 15 is 0 Å². The van der Waals surface area contributed by atoms with Gasteiger partial charge < -0.3 is 5.73 Å². The zero-order valence-corrected chi connectivity index (χ0v) is 8.60. The second-order valence-electron chi connectivity index (χ2n) is 3.24. The van der Waals surface area contributed by atoms with Crippen molar-refractivity contribution < 1.29 is 8.78 Å². The number of nitrogens with two attached hydrogens (primary N) is 1. The van der Waals surface area contributed by atoms with Gasteiger partial charge in [-0.25, -0.2) is 8.78 Å². The molecule has 1 nitrogen and oxygen atoms in total. The molecule has 4 heteroatoms. The van der Waals surface area contributed by atoms with E-state index in [1.54, 1.807) is 0 Å². The second kappa shape index (κ2) is 4.08. The van der Waals surface area contributed by atoms with Crippen LogP contribution in [-0.2, 0) is 0 Å². The Hall–Kier alpha value is -1.26. The van der Waals surface area contributed by atoms with Crippen LogP contribution in [0, 0.1) is 11.6 Å². The van der Waals surface area contributed by atoms with Crippen LogP contribution in [0.1, 0.15) is 17.2 Å². The first-order valence-corrected chi connectivity index (χ1v) is 5.35. The van der Waals surface area contributed by atoms with E-state index in [0.717, 1.165) is 11.6 Å². The molecule has 2 aromatic rings. The number of hydrogen-bond acceptors (Lipinski definition) is 2. The first-order chi connectivity index (χ1) is 7.16. The van der Waals surface area contributed by atoms with Gasteiger partial charge in [0.1, 0.15) is 11.6 Å². The SMILES string of the molecule is N[C@H](c1ccsc1)c1cc(F)cc(F)c1. The molecule has 0 saturated carbocycles. The average Bonchev–Trinajstić information content (AvgIpc) is 2.67. The van der Waals surface area contributed by atoms with Gasteiger partial charge >= 0.3 is 0 Å². The Balaban J connectivity index is 2.37. The fraction of sp³-hybridized carbons (Fsp3) is 0.0909. The first kappa shape index (κ1) is 10.3. The van der Waals surface area contributed by atoms with Gasteiger partial charge in [-0.15, -0.1) is 0 Å². The number of hydrogen-bond donors (Lipinski definition) is 1. The molecule has 0 saturated heterocycles. The van der Waals surface area contributed by atoms with Crippen molar-refractivity contribution in [2.24, 2.45) is 5.73 Å². The van der Waals surface area contributed by atoms with Crippen LogP contribution in [0.2, 0.25) is 0 Å². The molecule has 0 aliphatic heterocycles. The van der Waals surface area contributed by atoms with Crippen molar-refractivity contribution in [1.82, 2.24) is 0 Å². The predicted molar refractivity (Wildman–Crippen MR) is 56.7 cm³/mol.